The number of aliphatic imine (C=N–C) groups is 1. The molecule has 2 unspecified atom stereocenters. The third kappa shape index (κ3) is 1.80. The molecule has 2 atom stereocenters. The monoisotopic (exact) mass is 225 g/mol. The molecular weight excluding hydrogens is 206 g/mol. The number of rotatable bonds is 0. The predicted molar refractivity (Wildman–Crippen MR) is 61.2 cm³/mol. The topological polar surface area (TPSA) is 62.7 Å². The van der Waals surface area contributed by atoms with Crippen LogP contribution >= 0.6 is 0 Å². The summed E-state index contributed by atoms with van der Waals surface area (Å²) in [5, 5.41) is 5.98. The first-order valence-electron chi connectivity index (χ1n) is 5.65. The van der Waals surface area contributed by atoms with Crippen molar-refractivity contribution in [3.8, 4) is 0 Å². The highest BCUT2D eigenvalue weighted by molar-refractivity contribution is 6.08. The molecule has 1 spiro atoms. The molecule has 0 radical (unpaired) electrons. The number of ether oxygens (including phenoxy) is 1. The molecule has 5 nitrogen and oxygen atoms in total. The number of nitrogens with one attached hydrogen (secondary N) is 2. The Labute approximate surface area is 95.6 Å². The molecule has 90 valence electrons. The van der Waals surface area contributed by atoms with Crippen LogP contribution in [-0.4, -0.2) is 35.7 Å². The van der Waals surface area contributed by atoms with Crippen LogP contribution in [0.25, 0.3) is 0 Å². The summed E-state index contributed by atoms with van der Waals surface area (Å²) in [6.07, 6.45) is 0.516. The maximum atomic E-state index is 12.0. The van der Waals surface area contributed by atoms with E-state index < -0.39 is 5.54 Å². The molecule has 2 rings (SSSR count). The van der Waals surface area contributed by atoms with E-state index in [1.54, 1.807) is 0 Å². The predicted octanol–water partition coefficient (Wildman–Crippen LogP) is 0.408. The van der Waals surface area contributed by atoms with E-state index in [1.807, 2.05) is 27.7 Å². The van der Waals surface area contributed by atoms with Crippen molar-refractivity contribution < 1.29 is 9.53 Å². The Morgan fingerprint density at radius 2 is 2.25 bits per heavy atom. The fourth-order valence-corrected chi connectivity index (χ4v) is 2.09. The van der Waals surface area contributed by atoms with Crippen molar-refractivity contribution in [1.29, 1.82) is 0 Å². The quantitative estimate of drug-likeness (QED) is 0.627. The Kier molecular flexibility index (Phi) is 2.45. The summed E-state index contributed by atoms with van der Waals surface area (Å²) in [7, 11) is 0. The van der Waals surface area contributed by atoms with Crippen LogP contribution in [0.1, 0.15) is 34.1 Å². The minimum Gasteiger partial charge on any atom is -0.375 e. The van der Waals surface area contributed by atoms with E-state index in [2.05, 4.69) is 15.6 Å². The summed E-state index contributed by atoms with van der Waals surface area (Å²) in [5.74, 6) is 0.513. The van der Waals surface area contributed by atoms with Crippen LogP contribution in [0.5, 0.6) is 0 Å². The fraction of sp³-hybridized carbons (Fsp3) is 0.818. The lowest BCUT2D eigenvalue weighted by Crippen LogP contribution is -2.48. The molecule has 2 aliphatic rings. The second kappa shape index (κ2) is 3.45. The van der Waals surface area contributed by atoms with E-state index in [0.29, 0.717) is 19.0 Å². The van der Waals surface area contributed by atoms with Crippen LogP contribution in [0.4, 0.5) is 0 Å². The molecule has 1 fully saturated rings. The Balaban J connectivity index is 2.20. The second-order valence-corrected chi connectivity index (χ2v) is 5.48. The van der Waals surface area contributed by atoms with Crippen LogP contribution in [0.2, 0.25) is 0 Å². The molecule has 0 bridgehead atoms. The lowest BCUT2D eigenvalue weighted by atomic mass is 9.93. The van der Waals surface area contributed by atoms with Gasteiger partial charge >= 0.3 is 0 Å². The molecule has 2 N–H and O–H groups in total. The molecule has 1 saturated heterocycles. The van der Waals surface area contributed by atoms with E-state index in [1.165, 1.54) is 0 Å². The van der Waals surface area contributed by atoms with Crippen LogP contribution in [0, 0.1) is 0 Å². The maximum absolute atomic E-state index is 12.0. The first-order valence-corrected chi connectivity index (χ1v) is 5.65. The standard InChI is InChI=1S/C11H19N3O2/c1-7-11(5-6-16-7)8(15)12-9(14-11)13-10(2,3)4/h7H,5-6H2,1-4H3,(H2,12,13,14,15). The van der Waals surface area contributed by atoms with Crippen molar-refractivity contribution in [2.45, 2.75) is 51.3 Å². The molecule has 1 amide bonds. The summed E-state index contributed by atoms with van der Waals surface area (Å²) in [4.78, 5) is 16.4. The number of hydrogen-bond acceptors (Lipinski definition) is 4. The number of carbonyl (C=O) groups is 1. The van der Waals surface area contributed by atoms with E-state index in [0.717, 1.165) is 0 Å². The van der Waals surface area contributed by atoms with E-state index in [9.17, 15) is 4.79 Å². The van der Waals surface area contributed by atoms with Gasteiger partial charge in [-0.1, -0.05) is 0 Å². The maximum Gasteiger partial charge on any atom is 0.257 e. The smallest absolute Gasteiger partial charge is 0.257 e. The number of amides is 1. The summed E-state index contributed by atoms with van der Waals surface area (Å²) in [5.41, 5.74) is -0.812. The van der Waals surface area contributed by atoms with Gasteiger partial charge in [0.15, 0.2) is 11.5 Å². The van der Waals surface area contributed by atoms with Gasteiger partial charge in [-0.25, -0.2) is 4.99 Å². The molecule has 2 aliphatic heterocycles. The van der Waals surface area contributed by atoms with Crippen molar-refractivity contribution in [2.75, 3.05) is 6.61 Å². The molecule has 0 saturated carbocycles. The Bertz CT molecular complexity index is 346. The lowest BCUT2D eigenvalue weighted by molar-refractivity contribution is -0.125. The minimum absolute atomic E-state index is 0.0516. The van der Waals surface area contributed by atoms with Gasteiger partial charge in [0.2, 0.25) is 0 Å². The van der Waals surface area contributed by atoms with Gasteiger partial charge in [0.1, 0.15) is 0 Å². The summed E-state index contributed by atoms with van der Waals surface area (Å²) in [6.45, 7) is 8.58. The molecule has 2 heterocycles. The molecular formula is C11H19N3O2. The summed E-state index contributed by atoms with van der Waals surface area (Å²) < 4.78 is 5.44. The minimum atomic E-state index is -0.701. The third-order valence-corrected chi connectivity index (χ3v) is 2.95. The normalized spacial score (nSPS) is 34.1. The molecule has 0 aromatic carbocycles. The Morgan fingerprint density at radius 1 is 1.56 bits per heavy atom. The second-order valence-electron chi connectivity index (χ2n) is 5.48. The molecule has 16 heavy (non-hydrogen) atoms. The van der Waals surface area contributed by atoms with Crippen molar-refractivity contribution >= 4 is 11.9 Å². The summed E-state index contributed by atoms with van der Waals surface area (Å²) >= 11 is 0. The Hall–Kier alpha value is -1.10. The van der Waals surface area contributed by atoms with Crippen LogP contribution in [0.3, 0.4) is 0 Å². The average molecular weight is 225 g/mol. The van der Waals surface area contributed by atoms with Crippen LogP contribution < -0.4 is 10.6 Å². The number of carbonyl (C=O) groups excluding carboxylic acids is 1. The first-order chi connectivity index (χ1) is 7.33. The SMILES string of the molecule is CC1OCCC12N=C(NC(C)(C)C)NC2=O. The largest absolute Gasteiger partial charge is 0.375 e. The number of hydrogen-bond donors (Lipinski definition) is 2. The summed E-state index contributed by atoms with van der Waals surface area (Å²) in [6, 6.07) is 0. The van der Waals surface area contributed by atoms with Gasteiger partial charge in [0.05, 0.1) is 12.7 Å². The first kappa shape index (κ1) is 11.4. The van der Waals surface area contributed by atoms with Gasteiger partial charge in [0, 0.05) is 12.0 Å². The van der Waals surface area contributed by atoms with Gasteiger partial charge in [-0.3, -0.25) is 10.1 Å². The third-order valence-electron chi connectivity index (χ3n) is 2.95. The average Bonchev–Trinajstić information content (AvgIpc) is 2.58. The van der Waals surface area contributed by atoms with Gasteiger partial charge in [-0.15, -0.1) is 0 Å². The number of guanidine groups is 1. The van der Waals surface area contributed by atoms with Crippen molar-refractivity contribution in [1.82, 2.24) is 10.6 Å². The highest BCUT2D eigenvalue weighted by Gasteiger charge is 2.52. The van der Waals surface area contributed by atoms with E-state index in [-0.39, 0.29) is 17.6 Å². The van der Waals surface area contributed by atoms with Gasteiger partial charge in [0.25, 0.3) is 5.91 Å². The van der Waals surface area contributed by atoms with E-state index >= 15 is 0 Å². The Morgan fingerprint density at radius 3 is 2.75 bits per heavy atom. The highest BCUT2D eigenvalue weighted by Crippen LogP contribution is 2.32. The van der Waals surface area contributed by atoms with Crippen molar-refractivity contribution in [3.05, 3.63) is 0 Å². The van der Waals surface area contributed by atoms with Crippen LogP contribution in [-0.2, 0) is 9.53 Å². The van der Waals surface area contributed by atoms with Gasteiger partial charge < -0.3 is 10.1 Å². The zero-order chi connectivity index (χ0) is 12.0. The highest BCUT2D eigenvalue weighted by atomic mass is 16.5. The molecule has 0 aliphatic carbocycles. The number of nitrogens with zero attached hydrogens (tertiary/aromatic N) is 1. The van der Waals surface area contributed by atoms with Crippen molar-refractivity contribution in [3.63, 3.8) is 0 Å². The molecule has 0 aromatic rings. The molecule has 5 heteroatoms. The van der Waals surface area contributed by atoms with Crippen molar-refractivity contribution in [2.24, 2.45) is 4.99 Å². The van der Waals surface area contributed by atoms with Crippen LogP contribution in [0.15, 0.2) is 4.99 Å². The van der Waals surface area contributed by atoms with E-state index in [4.69, 9.17) is 4.74 Å². The zero-order valence-electron chi connectivity index (χ0n) is 10.3. The molecule has 0 aromatic heterocycles. The van der Waals surface area contributed by atoms with Gasteiger partial charge in [-0.2, -0.15) is 0 Å². The zero-order valence-corrected chi connectivity index (χ0v) is 10.3. The van der Waals surface area contributed by atoms with Gasteiger partial charge in [-0.05, 0) is 27.7 Å². The fourth-order valence-electron chi connectivity index (χ4n) is 2.09. The lowest BCUT2D eigenvalue weighted by Gasteiger charge is -2.21.